The lowest BCUT2D eigenvalue weighted by molar-refractivity contribution is -0.112. The summed E-state index contributed by atoms with van der Waals surface area (Å²) in [7, 11) is 0. The second kappa shape index (κ2) is 7.38. The maximum atomic E-state index is 12.2. The van der Waals surface area contributed by atoms with Gasteiger partial charge in [0.2, 0.25) is 0 Å². The van der Waals surface area contributed by atoms with Gasteiger partial charge in [-0.2, -0.15) is 5.26 Å². The summed E-state index contributed by atoms with van der Waals surface area (Å²) in [5.41, 5.74) is 1.55. The SMILES string of the molecule is N#C/C(=C/c1cccc(Br)c1)C(=O)Nc1ccccc1I. The molecule has 2 rings (SSSR count). The van der Waals surface area contributed by atoms with E-state index in [0.717, 1.165) is 13.6 Å². The van der Waals surface area contributed by atoms with Crippen molar-refractivity contribution < 1.29 is 4.79 Å². The summed E-state index contributed by atoms with van der Waals surface area (Å²) in [6.07, 6.45) is 1.57. The summed E-state index contributed by atoms with van der Waals surface area (Å²) < 4.78 is 1.81. The minimum absolute atomic E-state index is 0.0627. The number of para-hydroxylation sites is 1. The Morgan fingerprint density at radius 3 is 2.67 bits per heavy atom. The number of amides is 1. The zero-order chi connectivity index (χ0) is 15.2. The molecule has 0 radical (unpaired) electrons. The lowest BCUT2D eigenvalue weighted by Gasteiger charge is -2.06. The summed E-state index contributed by atoms with van der Waals surface area (Å²) >= 11 is 5.49. The predicted octanol–water partition coefficient (Wildman–Crippen LogP) is 4.60. The van der Waals surface area contributed by atoms with E-state index >= 15 is 0 Å². The molecule has 1 N–H and O–H groups in total. The molecule has 2 aromatic carbocycles. The van der Waals surface area contributed by atoms with E-state index in [4.69, 9.17) is 0 Å². The number of carbonyl (C=O) groups excluding carboxylic acids is 1. The first-order chi connectivity index (χ1) is 10.1. The number of nitriles is 1. The molecule has 0 aromatic heterocycles. The third-order valence-corrected chi connectivity index (χ3v) is 4.08. The van der Waals surface area contributed by atoms with Crippen LogP contribution in [0.2, 0.25) is 0 Å². The van der Waals surface area contributed by atoms with Crippen molar-refractivity contribution in [2.45, 2.75) is 0 Å². The number of carbonyl (C=O) groups is 1. The highest BCUT2D eigenvalue weighted by Gasteiger charge is 2.10. The van der Waals surface area contributed by atoms with Gasteiger partial charge in [-0.1, -0.05) is 40.2 Å². The van der Waals surface area contributed by atoms with Gasteiger partial charge in [0.25, 0.3) is 5.91 Å². The summed E-state index contributed by atoms with van der Waals surface area (Å²) in [5.74, 6) is -0.415. The van der Waals surface area contributed by atoms with E-state index in [-0.39, 0.29) is 5.57 Å². The van der Waals surface area contributed by atoms with Crippen LogP contribution in [0.3, 0.4) is 0 Å². The van der Waals surface area contributed by atoms with E-state index in [9.17, 15) is 10.1 Å². The minimum Gasteiger partial charge on any atom is -0.320 e. The number of anilines is 1. The minimum atomic E-state index is -0.415. The summed E-state index contributed by atoms with van der Waals surface area (Å²) in [4.78, 5) is 12.2. The van der Waals surface area contributed by atoms with Gasteiger partial charge in [-0.15, -0.1) is 0 Å². The average molecular weight is 453 g/mol. The highest BCUT2D eigenvalue weighted by molar-refractivity contribution is 14.1. The molecule has 0 saturated carbocycles. The third-order valence-electron chi connectivity index (χ3n) is 2.65. The standard InChI is InChI=1S/C16H10BrIN2O/c17-13-5-3-4-11(9-13)8-12(10-19)16(21)20-15-7-2-1-6-14(15)18/h1-9H,(H,20,21)/b12-8-. The van der Waals surface area contributed by atoms with Gasteiger partial charge in [0, 0.05) is 8.04 Å². The number of nitrogens with zero attached hydrogens (tertiary/aromatic N) is 1. The molecule has 0 heterocycles. The van der Waals surface area contributed by atoms with Gasteiger partial charge >= 0.3 is 0 Å². The third kappa shape index (κ3) is 4.41. The highest BCUT2D eigenvalue weighted by Crippen LogP contribution is 2.19. The maximum absolute atomic E-state index is 12.2. The Kier molecular flexibility index (Phi) is 5.53. The molecule has 0 saturated heterocycles. The van der Waals surface area contributed by atoms with E-state index in [1.807, 2.05) is 48.5 Å². The van der Waals surface area contributed by atoms with Crippen molar-refractivity contribution in [3.63, 3.8) is 0 Å². The Hall–Kier alpha value is -1.65. The zero-order valence-electron chi connectivity index (χ0n) is 10.8. The molecule has 1 amide bonds. The Bertz CT molecular complexity index is 750. The van der Waals surface area contributed by atoms with Crippen molar-refractivity contribution in [3.8, 4) is 6.07 Å². The molecule has 0 aliphatic heterocycles. The van der Waals surface area contributed by atoms with Crippen LogP contribution in [0.1, 0.15) is 5.56 Å². The van der Waals surface area contributed by atoms with Crippen LogP contribution in [-0.2, 0) is 4.79 Å². The lowest BCUT2D eigenvalue weighted by Crippen LogP contribution is -2.14. The summed E-state index contributed by atoms with van der Waals surface area (Å²) in [5, 5.41) is 11.9. The molecule has 104 valence electrons. The quantitative estimate of drug-likeness (QED) is 0.420. The number of rotatable bonds is 3. The van der Waals surface area contributed by atoms with Crippen LogP contribution in [-0.4, -0.2) is 5.91 Å². The van der Waals surface area contributed by atoms with E-state index in [1.54, 1.807) is 12.1 Å². The van der Waals surface area contributed by atoms with Crippen LogP contribution in [0, 0.1) is 14.9 Å². The van der Waals surface area contributed by atoms with Crippen molar-refractivity contribution >= 4 is 56.2 Å². The molecular weight excluding hydrogens is 443 g/mol. The van der Waals surface area contributed by atoms with Crippen LogP contribution in [0.4, 0.5) is 5.69 Å². The first kappa shape index (κ1) is 15.7. The number of nitrogens with one attached hydrogen (secondary N) is 1. The van der Waals surface area contributed by atoms with Crippen LogP contribution >= 0.6 is 38.5 Å². The van der Waals surface area contributed by atoms with Gasteiger partial charge in [-0.05, 0) is 58.5 Å². The Balaban J connectivity index is 2.24. The fourth-order valence-corrected chi connectivity index (χ4v) is 2.60. The van der Waals surface area contributed by atoms with Crippen LogP contribution in [0.5, 0.6) is 0 Å². The first-order valence-electron chi connectivity index (χ1n) is 6.03. The van der Waals surface area contributed by atoms with Crippen molar-refractivity contribution in [1.29, 1.82) is 5.26 Å². The molecular formula is C16H10BrIN2O. The van der Waals surface area contributed by atoms with Crippen LogP contribution < -0.4 is 5.32 Å². The summed E-state index contributed by atoms with van der Waals surface area (Å²) in [6.45, 7) is 0. The molecule has 0 atom stereocenters. The van der Waals surface area contributed by atoms with Gasteiger partial charge in [0.1, 0.15) is 11.6 Å². The van der Waals surface area contributed by atoms with Gasteiger partial charge in [0.15, 0.2) is 0 Å². The molecule has 0 fully saturated rings. The molecule has 0 unspecified atom stereocenters. The van der Waals surface area contributed by atoms with Crippen LogP contribution in [0.25, 0.3) is 6.08 Å². The van der Waals surface area contributed by atoms with E-state index in [1.165, 1.54) is 0 Å². The monoisotopic (exact) mass is 452 g/mol. The normalized spacial score (nSPS) is 10.8. The number of halogens is 2. The summed E-state index contributed by atoms with van der Waals surface area (Å²) in [6, 6.07) is 16.8. The zero-order valence-corrected chi connectivity index (χ0v) is 14.6. The first-order valence-corrected chi connectivity index (χ1v) is 7.90. The van der Waals surface area contributed by atoms with Gasteiger partial charge in [-0.25, -0.2) is 0 Å². The number of hydrogen-bond donors (Lipinski definition) is 1. The lowest BCUT2D eigenvalue weighted by atomic mass is 10.1. The van der Waals surface area contributed by atoms with E-state index in [0.29, 0.717) is 5.69 Å². The largest absolute Gasteiger partial charge is 0.320 e. The molecule has 21 heavy (non-hydrogen) atoms. The maximum Gasteiger partial charge on any atom is 0.266 e. The number of benzene rings is 2. The fraction of sp³-hybridized carbons (Fsp3) is 0. The fourth-order valence-electron chi connectivity index (χ4n) is 1.66. The molecule has 0 spiro atoms. The smallest absolute Gasteiger partial charge is 0.266 e. The van der Waals surface area contributed by atoms with Gasteiger partial charge in [-0.3, -0.25) is 4.79 Å². The Morgan fingerprint density at radius 1 is 1.24 bits per heavy atom. The van der Waals surface area contributed by atoms with Gasteiger partial charge in [0.05, 0.1) is 5.69 Å². The Labute approximate surface area is 144 Å². The predicted molar refractivity (Wildman–Crippen MR) is 95.5 cm³/mol. The highest BCUT2D eigenvalue weighted by atomic mass is 127. The van der Waals surface area contributed by atoms with Crippen molar-refractivity contribution in [3.05, 3.63) is 67.7 Å². The second-order valence-electron chi connectivity index (χ2n) is 4.16. The molecule has 0 bridgehead atoms. The Morgan fingerprint density at radius 2 is 2.00 bits per heavy atom. The number of hydrogen-bond acceptors (Lipinski definition) is 2. The molecule has 2 aromatic rings. The second-order valence-corrected chi connectivity index (χ2v) is 6.24. The molecule has 3 nitrogen and oxygen atoms in total. The molecule has 5 heteroatoms. The van der Waals surface area contributed by atoms with E-state index in [2.05, 4.69) is 43.8 Å². The van der Waals surface area contributed by atoms with Crippen molar-refractivity contribution in [1.82, 2.24) is 0 Å². The van der Waals surface area contributed by atoms with Crippen molar-refractivity contribution in [2.75, 3.05) is 5.32 Å². The van der Waals surface area contributed by atoms with Crippen molar-refractivity contribution in [2.24, 2.45) is 0 Å². The van der Waals surface area contributed by atoms with E-state index < -0.39 is 5.91 Å². The molecule has 0 aliphatic rings. The van der Waals surface area contributed by atoms with Crippen LogP contribution in [0.15, 0.2) is 58.6 Å². The van der Waals surface area contributed by atoms with Gasteiger partial charge < -0.3 is 5.32 Å². The average Bonchev–Trinajstić information content (AvgIpc) is 2.47. The molecule has 0 aliphatic carbocycles. The topological polar surface area (TPSA) is 52.9 Å².